The summed E-state index contributed by atoms with van der Waals surface area (Å²) in [7, 11) is 0. The predicted octanol–water partition coefficient (Wildman–Crippen LogP) is 7.17. The van der Waals surface area contributed by atoms with E-state index in [4.69, 9.17) is 10.7 Å². The van der Waals surface area contributed by atoms with Crippen LogP contribution in [0.25, 0.3) is 5.57 Å². The lowest BCUT2D eigenvalue weighted by Crippen LogP contribution is -2.45. The summed E-state index contributed by atoms with van der Waals surface area (Å²) in [6.07, 6.45) is 6.59. The second kappa shape index (κ2) is 10.6. The molecule has 38 heavy (non-hydrogen) atoms. The van der Waals surface area contributed by atoms with Crippen molar-refractivity contribution in [1.29, 1.82) is 0 Å². The Labute approximate surface area is 224 Å². The molecule has 2 heterocycles. The number of nitrogens with zero attached hydrogens (tertiary/aromatic N) is 3. The smallest absolute Gasteiger partial charge is 0.127 e. The second-order valence-electron chi connectivity index (χ2n) is 9.60. The largest absolute Gasteiger partial charge is 0.404 e. The number of piperidine rings is 1. The molecule has 0 radical (unpaired) electrons. The maximum absolute atomic E-state index is 13.9. The molecule has 1 aliphatic heterocycles. The molecule has 1 aromatic heterocycles. The molecule has 1 fully saturated rings. The van der Waals surface area contributed by atoms with Crippen LogP contribution in [0.3, 0.4) is 0 Å². The van der Waals surface area contributed by atoms with Gasteiger partial charge in [-0.05, 0) is 109 Å². The third-order valence-corrected chi connectivity index (χ3v) is 7.99. The zero-order valence-corrected chi connectivity index (χ0v) is 21.7. The highest BCUT2D eigenvalue weighted by molar-refractivity contribution is 7.97. The number of pyridine rings is 1. The van der Waals surface area contributed by atoms with Gasteiger partial charge in [-0.15, -0.1) is 0 Å². The minimum absolute atomic E-state index is 0.324. The summed E-state index contributed by atoms with van der Waals surface area (Å²) < 4.78 is 43.3. The molecule has 1 saturated heterocycles. The molecule has 2 aliphatic rings. The molecule has 0 bridgehead atoms. The van der Waals surface area contributed by atoms with E-state index in [9.17, 15) is 13.2 Å². The Morgan fingerprint density at radius 2 is 1.82 bits per heavy atom. The first-order chi connectivity index (χ1) is 18.3. The minimum Gasteiger partial charge on any atom is -0.404 e. The van der Waals surface area contributed by atoms with Crippen molar-refractivity contribution in [2.75, 3.05) is 13.1 Å². The number of hydrogen-bond donors (Lipinski definition) is 1. The van der Waals surface area contributed by atoms with E-state index in [1.165, 1.54) is 36.2 Å². The van der Waals surface area contributed by atoms with Crippen molar-refractivity contribution < 1.29 is 13.2 Å². The van der Waals surface area contributed by atoms with E-state index in [2.05, 4.69) is 21.9 Å². The molecule has 1 atom stereocenters. The highest BCUT2D eigenvalue weighted by Gasteiger charge is 2.46. The first-order valence-electron chi connectivity index (χ1n) is 12.2. The number of hydrogen-bond acceptors (Lipinski definition) is 5. The van der Waals surface area contributed by atoms with Crippen LogP contribution in [-0.2, 0) is 0 Å². The van der Waals surface area contributed by atoms with Crippen LogP contribution in [-0.4, -0.2) is 28.1 Å². The number of benzene rings is 2. The summed E-state index contributed by atoms with van der Waals surface area (Å²) in [5.41, 5.74) is 11.6. The molecule has 1 unspecified atom stereocenters. The number of halogens is 3. The summed E-state index contributed by atoms with van der Waals surface area (Å²) in [6, 6.07) is 13.5. The lowest BCUT2D eigenvalue weighted by Gasteiger charge is -2.48. The fourth-order valence-electron chi connectivity index (χ4n) is 5.07. The van der Waals surface area contributed by atoms with Gasteiger partial charge in [0.25, 0.3) is 0 Å². The minimum atomic E-state index is -0.610. The van der Waals surface area contributed by atoms with Gasteiger partial charge in [0.05, 0.1) is 17.1 Å². The standard InChI is InChI=1S/C30H27F3N4S/c1-19-7-9-35-28(11-19)20(2)30-16-21(17-34)29(36-26-5-3-23(31)4-6-26)12-22(30)8-10-37(18-30)38-27-14-24(32)13-25(33)15-27/h3-7,9,11-15,17H,2,8,10,16,18,34H2,1H3. The number of aryl methyl sites for hydroxylation is 1. The Bertz CT molecular complexity index is 1460. The van der Waals surface area contributed by atoms with Crippen LogP contribution in [0, 0.1) is 29.8 Å². The lowest BCUT2D eigenvalue weighted by molar-refractivity contribution is 0.288. The normalized spacial score (nSPS) is 21.8. The van der Waals surface area contributed by atoms with Crippen LogP contribution >= 0.6 is 11.9 Å². The highest BCUT2D eigenvalue weighted by Crippen LogP contribution is 2.53. The van der Waals surface area contributed by atoms with Crippen molar-refractivity contribution in [3.05, 3.63) is 120 Å². The molecular weight excluding hydrogens is 505 g/mol. The van der Waals surface area contributed by atoms with Crippen LogP contribution < -0.4 is 5.73 Å². The van der Waals surface area contributed by atoms with Crippen LogP contribution in [0.4, 0.5) is 18.9 Å². The molecule has 0 amide bonds. The molecule has 5 rings (SSSR count). The molecule has 194 valence electrons. The Morgan fingerprint density at radius 1 is 1.08 bits per heavy atom. The lowest BCUT2D eigenvalue weighted by atomic mass is 9.63. The van der Waals surface area contributed by atoms with Crippen LogP contribution in [0.2, 0.25) is 0 Å². The van der Waals surface area contributed by atoms with Crippen LogP contribution in [0.15, 0.2) is 101 Å². The molecule has 2 N–H and O–H groups in total. The number of aromatic nitrogens is 1. The molecular formula is C30H27F3N4S. The van der Waals surface area contributed by atoms with Gasteiger partial charge in [-0.25, -0.2) is 22.5 Å². The molecule has 3 aromatic rings. The second-order valence-corrected chi connectivity index (χ2v) is 10.8. The number of nitrogens with two attached hydrogens (primary N) is 1. The van der Waals surface area contributed by atoms with Gasteiger partial charge in [-0.1, -0.05) is 12.2 Å². The quantitative estimate of drug-likeness (QED) is 0.354. The van der Waals surface area contributed by atoms with E-state index >= 15 is 0 Å². The van der Waals surface area contributed by atoms with E-state index in [1.807, 2.05) is 19.1 Å². The van der Waals surface area contributed by atoms with Crippen molar-refractivity contribution in [2.45, 2.75) is 24.7 Å². The van der Waals surface area contributed by atoms with E-state index in [0.717, 1.165) is 39.8 Å². The van der Waals surface area contributed by atoms with Gasteiger partial charge < -0.3 is 5.73 Å². The van der Waals surface area contributed by atoms with Gasteiger partial charge in [0.1, 0.15) is 17.5 Å². The molecule has 0 saturated carbocycles. The predicted molar refractivity (Wildman–Crippen MR) is 147 cm³/mol. The first kappa shape index (κ1) is 26.0. The van der Waals surface area contributed by atoms with E-state index in [0.29, 0.717) is 36.5 Å². The topological polar surface area (TPSA) is 54.5 Å². The van der Waals surface area contributed by atoms with Crippen LogP contribution in [0.1, 0.15) is 24.1 Å². The van der Waals surface area contributed by atoms with Gasteiger partial charge in [0.15, 0.2) is 0 Å². The summed E-state index contributed by atoms with van der Waals surface area (Å²) in [6.45, 7) is 7.72. The van der Waals surface area contributed by atoms with Crippen molar-refractivity contribution >= 4 is 28.9 Å². The van der Waals surface area contributed by atoms with Gasteiger partial charge in [0.2, 0.25) is 0 Å². The monoisotopic (exact) mass is 532 g/mol. The molecule has 2 aromatic carbocycles. The molecule has 4 nitrogen and oxygen atoms in total. The number of fused-ring (bicyclic) bond motifs is 1. The number of rotatable bonds is 5. The van der Waals surface area contributed by atoms with Gasteiger partial charge in [-0.3, -0.25) is 4.98 Å². The Kier molecular flexibility index (Phi) is 7.27. The summed E-state index contributed by atoms with van der Waals surface area (Å²) in [5.74, 6) is -1.55. The maximum atomic E-state index is 13.9. The van der Waals surface area contributed by atoms with Crippen LogP contribution in [0.5, 0.6) is 0 Å². The van der Waals surface area contributed by atoms with E-state index in [1.54, 1.807) is 24.5 Å². The zero-order chi connectivity index (χ0) is 26.9. The fourth-order valence-corrected chi connectivity index (χ4v) is 6.17. The summed E-state index contributed by atoms with van der Waals surface area (Å²) in [4.78, 5) is 9.87. The number of aliphatic imine (C=N–C) groups is 1. The van der Waals surface area contributed by atoms with Crippen molar-refractivity contribution in [3.63, 3.8) is 0 Å². The van der Waals surface area contributed by atoms with Gasteiger partial charge in [-0.2, -0.15) is 0 Å². The van der Waals surface area contributed by atoms with Crippen molar-refractivity contribution in [2.24, 2.45) is 16.1 Å². The van der Waals surface area contributed by atoms with E-state index in [-0.39, 0.29) is 5.82 Å². The van der Waals surface area contributed by atoms with Gasteiger partial charge >= 0.3 is 0 Å². The third kappa shape index (κ3) is 5.33. The summed E-state index contributed by atoms with van der Waals surface area (Å²) >= 11 is 1.32. The van der Waals surface area contributed by atoms with Crippen molar-refractivity contribution in [3.8, 4) is 0 Å². The Morgan fingerprint density at radius 3 is 2.50 bits per heavy atom. The molecule has 1 aliphatic carbocycles. The first-order valence-corrected chi connectivity index (χ1v) is 13.0. The SMILES string of the molecule is C=C(c1cc(C)ccn1)C12CC(=CN)C(=Nc3ccc(F)cc3)C=C1CCN(Sc1cc(F)cc(F)c1)C2. The Balaban J connectivity index is 1.56. The van der Waals surface area contributed by atoms with E-state index < -0.39 is 17.0 Å². The molecule has 0 spiro atoms. The van der Waals surface area contributed by atoms with Gasteiger partial charge in [0, 0.05) is 35.7 Å². The fraction of sp³-hybridized carbons (Fsp3) is 0.200. The molecule has 8 heteroatoms. The number of allylic oxidation sites excluding steroid dienone is 2. The zero-order valence-electron chi connectivity index (χ0n) is 20.9. The Hall–Kier alpha value is -3.62. The average molecular weight is 533 g/mol. The summed E-state index contributed by atoms with van der Waals surface area (Å²) in [5, 5.41) is 0. The maximum Gasteiger partial charge on any atom is 0.127 e. The highest BCUT2D eigenvalue weighted by atomic mass is 32.2. The average Bonchev–Trinajstić information content (AvgIpc) is 2.88. The van der Waals surface area contributed by atoms with Crippen molar-refractivity contribution in [1.82, 2.24) is 9.29 Å². The third-order valence-electron chi connectivity index (χ3n) is 6.97.